The molecule has 2 aromatic rings. The van der Waals surface area contributed by atoms with Crippen LogP contribution in [-0.2, 0) is 0 Å². The van der Waals surface area contributed by atoms with Crippen LogP contribution in [0.25, 0.3) is 0 Å². The second kappa shape index (κ2) is 7.13. The Morgan fingerprint density at radius 1 is 1.27 bits per heavy atom. The van der Waals surface area contributed by atoms with E-state index in [1.165, 1.54) is 11.8 Å². The van der Waals surface area contributed by atoms with Crippen LogP contribution < -0.4 is 10.6 Å². The standard InChI is InChI=1S/C17H22N2O3/c1-11-6-7-14(9-12(11)2)19-17(21)18-13(3)10-15(20)16-5-4-8-22-16/h4-9,13,15,20H,10H2,1-3H3,(H2,18,19,21). The summed E-state index contributed by atoms with van der Waals surface area (Å²) in [7, 11) is 0. The predicted octanol–water partition coefficient (Wildman–Crippen LogP) is 3.53. The first-order chi connectivity index (χ1) is 10.5. The molecule has 5 heteroatoms. The van der Waals surface area contributed by atoms with Gasteiger partial charge in [-0.05, 0) is 56.2 Å². The first kappa shape index (κ1) is 16.1. The molecule has 0 aliphatic carbocycles. The molecule has 0 spiro atoms. The maximum absolute atomic E-state index is 12.0. The third kappa shape index (κ3) is 4.36. The van der Waals surface area contributed by atoms with E-state index in [2.05, 4.69) is 10.6 Å². The van der Waals surface area contributed by atoms with Gasteiger partial charge in [-0.15, -0.1) is 0 Å². The van der Waals surface area contributed by atoms with E-state index in [9.17, 15) is 9.90 Å². The van der Waals surface area contributed by atoms with Crippen molar-refractivity contribution in [2.24, 2.45) is 0 Å². The SMILES string of the molecule is Cc1ccc(NC(=O)NC(C)CC(O)c2ccco2)cc1C. The van der Waals surface area contributed by atoms with E-state index in [0.717, 1.165) is 11.3 Å². The van der Waals surface area contributed by atoms with Crippen LogP contribution in [-0.4, -0.2) is 17.2 Å². The van der Waals surface area contributed by atoms with Crippen molar-refractivity contribution in [2.45, 2.75) is 39.3 Å². The lowest BCUT2D eigenvalue weighted by atomic mass is 10.1. The second-order valence-corrected chi connectivity index (χ2v) is 5.57. The summed E-state index contributed by atoms with van der Waals surface area (Å²) in [4.78, 5) is 12.0. The van der Waals surface area contributed by atoms with Gasteiger partial charge in [0.15, 0.2) is 0 Å². The van der Waals surface area contributed by atoms with Crippen molar-refractivity contribution in [2.75, 3.05) is 5.32 Å². The number of hydrogen-bond acceptors (Lipinski definition) is 3. The molecule has 3 N–H and O–H groups in total. The van der Waals surface area contributed by atoms with Crippen LogP contribution in [0, 0.1) is 13.8 Å². The number of urea groups is 1. The monoisotopic (exact) mass is 302 g/mol. The van der Waals surface area contributed by atoms with Crippen LogP contribution in [0.15, 0.2) is 41.0 Å². The van der Waals surface area contributed by atoms with Gasteiger partial charge < -0.3 is 20.2 Å². The Labute approximate surface area is 130 Å². The third-order valence-corrected chi connectivity index (χ3v) is 3.59. The number of anilines is 1. The first-order valence-electron chi connectivity index (χ1n) is 7.32. The van der Waals surface area contributed by atoms with Crippen LogP contribution in [0.5, 0.6) is 0 Å². The molecule has 0 bridgehead atoms. The van der Waals surface area contributed by atoms with E-state index < -0.39 is 6.10 Å². The van der Waals surface area contributed by atoms with Gasteiger partial charge in [-0.3, -0.25) is 0 Å². The van der Waals surface area contributed by atoms with Gasteiger partial charge in [0.1, 0.15) is 11.9 Å². The van der Waals surface area contributed by atoms with Crippen LogP contribution in [0.2, 0.25) is 0 Å². The molecule has 0 saturated heterocycles. The van der Waals surface area contributed by atoms with Gasteiger partial charge in [0.05, 0.1) is 6.26 Å². The van der Waals surface area contributed by atoms with Gasteiger partial charge >= 0.3 is 6.03 Å². The first-order valence-corrected chi connectivity index (χ1v) is 7.32. The van der Waals surface area contributed by atoms with E-state index in [1.54, 1.807) is 12.1 Å². The maximum atomic E-state index is 12.0. The fourth-order valence-corrected chi connectivity index (χ4v) is 2.20. The largest absolute Gasteiger partial charge is 0.467 e. The second-order valence-electron chi connectivity index (χ2n) is 5.57. The van der Waals surface area contributed by atoms with Crippen LogP contribution in [0.4, 0.5) is 10.5 Å². The highest BCUT2D eigenvalue weighted by molar-refractivity contribution is 5.89. The van der Waals surface area contributed by atoms with Gasteiger partial charge in [-0.2, -0.15) is 0 Å². The molecule has 2 atom stereocenters. The summed E-state index contributed by atoms with van der Waals surface area (Å²) < 4.78 is 5.14. The maximum Gasteiger partial charge on any atom is 0.319 e. The van der Waals surface area contributed by atoms with Gasteiger partial charge in [0.25, 0.3) is 0 Å². The van der Waals surface area contributed by atoms with Crippen molar-refractivity contribution < 1.29 is 14.3 Å². The summed E-state index contributed by atoms with van der Waals surface area (Å²) in [5.74, 6) is 0.503. The summed E-state index contributed by atoms with van der Waals surface area (Å²) in [5, 5.41) is 15.6. The zero-order chi connectivity index (χ0) is 16.1. The lowest BCUT2D eigenvalue weighted by Gasteiger charge is -2.17. The molecule has 2 unspecified atom stereocenters. The summed E-state index contributed by atoms with van der Waals surface area (Å²) in [6, 6.07) is 8.72. The number of carbonyl (C=O) groups is 1. The highest BCUT2D eigenvalue weighted by atomic mass is 16.4. The van der Waals surface area contributed by atoms with E-state index in [0.29, 0.717) is 12.2 Å². The molecule has 118 valence electrons. The summed E-state index contributed by atoms with van der Waals surface area (Å²) in [6.45, 7) is 5.87. The van der Waals surface area contributed by atoms with Crippen molar-refractivity contribution in [3.63, 3.8) is 0 Å². The minimum absolute atomic E-state index is 0.188. The number of nitrogens with one attached hydrogen (secondary N) is 2. The van der Waals surface area contributed by atoms with Crippen molar-refractivity contribution >= 4 is 11.7 Å². The Hall–Kier alpha value is -2.27. The number of aliphatic hydroxyl groups excluding tert-OH is 1. The molecule has 1 heterocycles. The molecule has 0 saturated carbocycles. The van der Waals surface area contributed by atoms with Crippen LogP contribution in [0.1, 0.15) is 36.3 Å². The fourth-order valence-electron chi connectivity index (χ4n) is 2.20. The Balaban J connectivity index is 1.84. The summed E-state index contributed by atoms with van der Waals surface area (Å²) in [6.07, 6.45) is 1.17. The Kier molecular flexibility index (Phi) is 5.22. The number of aryl methyl sites for hydroxylation is 2. The van der Waals surface area contributed by atoms with E-state index in [1.807, 2.05) is 39.0 Å². The van der Waals surface area contributed by atoms with E-state index >= 15 is 0 Å². The third-order valence-electron chi connectivity index (χ3n) is 3.59. The molecule has 0 fully saturated rings. The highest BCUT2D eigenvalue weighted by Crippen LogP contribution is 2.18. The van der Waals surface area contributed by atoms with E-state index in [-0.39, 0.29) is 12.1 Å². The van der Waals surface area contributed by atoms with Gasteiger partial charge in [-0.25, -0.2) is 4.79 Å². The van der Waals surface area contributed by atoms with E-state index in [4.69, 9.17) is 4.42 Å². The summed E-state index contributed by atoms with van der Waals surface area (Å²) in [5.41, 5.74) is 3.05. The van der Waals surface area contributed by atoms with Crippen molar-refractivity contribution in [1.82, 2.24) is 5.32 Å². The number of rotatable bonds is 5. The number of carbonyl (C=O) groups excluding carboxylic acids is 1. The summed E-state index contributed by atoms with van der Waals surface area (Å²) >= 11 is 0. The smallest absolute Gasteiger partial charge is 0.319 e. The lowest BCUT2D eigenvalue weighted by molar-refractivity contribution is 0.130. The van der Waals surface area contributed by atoms with Crippen LogP contribution >= 0.6 is 0 Å². The minimum Gasteiger partial charge on any atom is -0.467 e. The molecule has 5 nitrogen and oxygen atoms in total. The molecule has 2 amide bonds. The molecule has 2 rings (SSSR count). The molecule has 0 radical (unpaired) electrons. The lowest BCUT2D eigenvalue weighted by Crippen LogP contribution is -2.37. The molecule has 1 aromatic carbocycles. The topological polar surface area (TPSA) is 74.5 Å². The Bertz CT molecular complexity index is 623. The Morgan fingerprint density at radius 2 is 2.05 bits per heavy atom. The van der Waals surface area contributed by atoms with Crippen molar-refractivity contribution in [1.29, 1.82) is 0 Å². The zero-order valence-electron chi connectivity index (χ0n) is 13.1. The zero-order valence-corrected chi connectivity index (χ0v) is 13.1. The molecular weight excluding hydrogens is 280 g/mol. The predicted molar refractivity (Wildman–Crippen MR) is 85.8 cm³/mol. The molecular formula is C17H22N2O3. The number of hydrogen-bond donors (Lipinski definition) is 3. The number of furan rings is 1. The quantitative estimate of drug-likeness (QED) is 0.791. The van der Waals surface area contributed by atoms with Gasteiger partial charge in [0, 0.05) is 18.2 Å². The molecule has 0 aliphatic rings. The average Bonchev–Trinajstić information content (AvgIpc) is 2.96. The number of amides is 2. The number of benzene rings is 1. The normalized spacial score (nSPS) is 13.5. The minimum atomic E-state index is -0.730. The van der Waals surface area contributed by atoms with Crippen molar-refractivity contribution in [3.05, 3.63) is 53.5 Å². The van der Waals surface area contributed by atoms with Crippen molar-refractivity contribution in [3.8, 4) is 0 Å². The fraction of sp³-hybridized carbons (Fsp3) is 0.353. The molecule has 22 heavy (non-hydrogen) atoms. The van der Waals surface area contributed by atoms with Gasteiger partial charge in [0.2, 0.25) is 0 Å². The number of aliphatic hydroxyl groups is 1. The molecule has 1 aromatic heterocycles. The average molecular weight is 302 g/mol. The molecule has 0 aliphatic heterocycles. The van der Waals surface area contributed by atoms with Crippen LogP contribution in [0.3, 0.4) is 0 Å². The van der Waals surface area contributed by atoms with Gasteiger partial charge in [-0.1, -0.05) is 6.07 Å². The Morgan fingerprint density at radius 3 is 2.68 bits per heavy atom. The highest BCUT2D eigenvalue weighted by Gasteiger charge is 2.16.